The molecule has 120 valence electrons. The van der Waals surface area contributed by atoms with Crippen molar-refractivity contribution in [3.05, 3.63) is 24.2 Å². The minimum atomic E-state index is -0.557. The molecule has 0 saturated carbocycles. The highest BCUT2D eigenvalue weighted by Gasteiger charge is 2.36. The lowest BCUT2D eigenvalue weighted by Crippen LogP contribution is -2.41. The zero-order valence-electron chi connectivity index (χ0n) is 12.5. The number of nitrogens with one attached hydrogen (secondary N) is 1. The van der Waals surface area contributed by atoms with E-state index in [1.807, 2.05) is 0 Å². The van der Waals surface area contributed by atoms with Crippen LogP contribution in [0.3, 0.4) is 0 Å². The van der Waals surface area contributed by atoms with E-state index < -0.39 is 12.0 Å². The third-order valence-electron chi connectivity index (χ3n) is 3.46. The highest BCUT2D eigenvalue weighted by molar-refractivity contribution is 5.94. The zero-order chi connectivity index (χ0) is 15.9. The summed E-state index contributed by atoms with van der Waals surface area (Å²) in [6.45, 7) is 2.63. The van der Waals surface area contributed by atoms with E-state index >= 15 is 0 Å². The Morgan fingerprint density at radius 1 is 1.45 bits per heavy atom. The summed E-state index contributed by atoms with van der Waals surface area (Å²) in [4.78, 5) is 36.5. The minimum absolute atomic E-state index is 0.114. The highest BCUT2D eigenvalue weighted by Crippen LogP contribution is 2.21. The van der Waals surface area contributed by atoms with Gasteiger partial charge < -0.3 is 19.4 Å². The molecule has 1 aromatic rings. The Bertz CT molecular complexity index is 526. The molecule has 1 N–H and O–H groups in total. The second-order valence-corrected chi connectivity index (χ2v) is 5.14. The van der Waals surface area contributed by atoms with Gasteiger partial charge in [-0.3, -0.25) is 9.59 Å². The topological polar surface area (TPSA) is 88.9 Å². The van der Waals surface area contributed by atoms with E-state index in [0.717, 1.165) is 6.42 Å². The summed E-state index contributed by atoms with van der Waals surface area (Å²) in [5.74, 6) is -0.578. The van der Waals surface area contributed by atoms with Crippen molar-refractivity contribution < 1.29 is 23.5 Å². The van der Waals surface area contributed by atoms with Crippen molar-refractivity contribution in [2.45, 2.75) is 32.2 Å². The van der Waals surface area contributed by atoms with Gasteiger partial charge in [0.25, 0.3) is 5.91 Å². The maximum absolute atomic E-state index is 12.3. The summed E-state index contributed by atoms with van der Waals surface area (Å²) in [6, 6.07) is 2.66. The van der Waals surface area contributed by atoms with Crippen molar-refractivity contribution in [1.82, 2.24) is 10.2 Å². The molecule has 1 fully saturated rings. The molecule has 1 aliphatic rings. The fourth-order valence-corrected chi connectivity index (χ4v) is 2.40. The normalized spacial score (nSPS) is 17.3. The predicted molar refractivity (Wildman–Crippen MR) is 77.0 cm³/mol. The van der Waals surface area contributed by atoms with Crippen LogP contribution in [-0.4, -0.2) is 48.4 Å². The molecule has 2 rings (SSSR count). The molecule has 7 heteroatoms. The van der Waals surface area contributed by atoms with Crippen LogP contribution in [0.15, 0.2) is 22.8 Å². The van der Waals surface area contributed by atoms with Crippen LogP contribution in [0.1, 0.15) is 36.7 Å². The molecule has 22 heavy (non-hydrogen) atoms. The number of hydrogen-bond donors (Lipinski definition) is 1. The number of furan rings is 1. The third kappa shape index (κ3) is 4.09. The molecule has 0 bridgehead atoms. The molecular formula is C15H20N2O5. The maximum atomic E-state index is 12.3. The summed E-state index contributed by atoms with van der Waals surface area (Å²) in [7, 11) is 0. The smallest absolute Gasteiger partial charge is 0.328 e. The highest BCUT2D eigenvalue weighted by atomic mass is 16.5. The van der Waals surface area contributed by atoms with Gasteiger partial charge in [-0.15, -0.1) is 0 Å². The van der Waals surface area contributed by atoms with Crippen LogP contribution < -0.4 is 5.32 Å². The fourth-order valence-electron chi connectivity index (χ4n) is 2.40. The van der Waals surface area contributed by atoms with Crippen LogP contribution in [0.25, 0.3) is 0 Å². The van der Waals surface area contributed by atoms with E-state index in [2.05, 4.69) is 5.32 Å². The van der Waals surface area contributed by atoms with Crippen molar-refractivity contribution in [1.29, 1.82) is 0 Å². The van der Waals surface area contributed by atoms with Crippen molar-refractivity contribution in [2.75, 3.05) is 19.7 Å². The molecular weight excluding hydrogens is 288 g/mol. The van der Waals surface area contributed by atoms with E-state index in [-0.39, 0.29) is 24.2 Å². The molecule has 0 radical (unpaired) electrons. The number of hydrogen-bond acceptors (Lipinski definition) is 5. The standard InChI is InChI=1S/C15H20N2O5/c1-11(18)16-7-4-10-22-15(20)12-5-2-8-17(12)14(19)13-6-3-9-21-13/h3,6,9,12H,2,4-5,7-8,10H2,1H3,(H,16,18)/t12-/m1/s1. The lowest BCUT2D eigenvalue weighted by Gasteiger charge is -2.22. The molecule has 0 aliphatic carbocycles. The molecule has 0 aromatic carbocycles. The summed E-state index contributed by atoms with van der Waals surface area (Å²) >= 11 is 0. The van der Waals surface area contributed by atoms with E-state index in [0.29, 0.717) is 25.9 Å². The van der Waals surface area contributed by atoms with E-state index in [1.54, 1.807) is 12.1 Å². The Kier molecular flexibility index (Phi) is 5.57. The summed E-state index contributed by atoms with van der Waals surface area (Å²) in [5, 5.41) is 2.63. The van der Waals surface area contributed by atoms with Gasteiger partial charge in [0.1, 0.15) is 6.04 Å². The Labute approximate surface area is 128 Å². The first-order chi connectivity index (χ1) is 10.6. The van der Waals surface area contributed by atoms with Crippen LogP contribution in [-0.2, 0) is 14.3 Å². The van der Waals surface area contributed by atoms with Crippen molar-refractivity contribution in [3.8, 4) is 0 Å². The Hall–Kier alpha value is -2.31. The van der Waals surface area contributed by atoms with Crippen LogP contribution in [0.5, 0.6) is 0 Å². The largest absolute Gasteiger partial charge is 0.464 e. The van der Waals surface area contributed by atoms with Crippen molar-refractivity contribution >= 4 is 17.8 Å². The second kappa shape index (κ2) is 7.63. The number of likely N-dealkylation sites (tertiary alicyclic amines) is 1. The first kappa shape index (κ1) is 16.1. The SMILES string of the molecule is CC(=O)NCCCOC(=O)[C@H]1CCCN1C(=O)c1ccco1. The number of nitrogens with zero attached hydrogens (tertiary/aromatic N) is 1. The zero-order valence-corrected chi connectivity index (χ0v) is 12.5. The number of ether oxygens (including phenoxy) is 1. The quantitative estimate of drug-likeness (QED) is 0.624. The molecule has 0 spiro atoms. The summed E-state index contributed by atoms with van der Waals surface area (Å²) in [6.07, 6.45) is 3.33. The van der Waals surface area contributed by atoms with E-state index in [1.165, 1.54) is 18.1 Å². The van der Waals surface area contributed by atoms with Crippen LogP contribution in [0.4, 0.5) is 0 Å². The fraction of sp³-hybridized carbons (Fsp3) is 0.533. The summed E-state index contributed by atoms with van der Waals surface area (Å²) < 4.78 is 10.3. The van der Waals surface area contributed by atoms with Crippen LogP contribution in [0, 0.1) is 0 Å². The van der Waals surface area contributed by atoms with Crippen LogP contribution >= 0.6 is 0 Å². The van der Waals surface area contributed by atoms with Gasteiger partial charge in [-0.1, -0.05) is 0 Å². The van der Waals surface area contributed by atoms with Gasteiger partial charge in [0.15, 0.2) is 5.76 Å². The lowest BCUT2D eigenvalue weighted by atomic mass is 10.2. The minimum Gasteiger partial charge on any atom is -0.464 e. The van der Waals surface area contributed by atoms with Gasteiger partial charge in [-0.2, -0.15) is 0 Å². The number of esters is 1. The van der Waals surface area contributed by atoms with Gasteiger partial charge in [-0.25, -0.2) is 4.79 Å². The molecule has 7 nitrogen and oxygen atoms in total. The average Bonchev–Trinajstić information content (AvgIpc) is 3.17. The Morgan fingerprint density at radius 2 is 2.27 bits per heavy atom. The van der Waals surface area contributed by atoms with Crippen LogP contribution in [0.2, 0.25) is 0 Å². The van der Waals surface area contributed by atoms with Gasteiger partial charge in [-0.05, 0) is 31.4 Å². The average molecular weight is 308 g/mol. The summed E-state index contributed by atoms with van der Waals surface area (Å²) in [5.41, 5.74) is 0. The molecule has 1 saturated heterocycles. The molecule has 2 heterocycles. The van der Waals surface area contributed by atoms with E-state index in [4.69, 9.17) is 9.15 Å². The molecule has 1 aromatic heterocycles. The number of amides is 2. The lowest BCUT2D eigenvalue weighted by molar-refractivity contribution is -0.148. The molecule has 1 aliphatic heterocycles. The van der Waals surface area contributed by atoms with E-state index in [9.17, 15) is 14.4 Å². The predicted octanol–water partition coefficient (Wildman–Crippen LogP) is 0.954. The number of rotatable bonds is 6. The first-order valence-corrected chi connectivity index (χ1v) is 7.35. The second-order valence-electron chi connectivity index (χ2n) is 5.14. The first-order valence-electron chi connectivity index (χ1n) is 7.35. The molecule has 0 unspecified atom stereocenters. The molecule has 1 atom stereocenters. The monoisotopic (exact) mass is 308 g/mol. The van der Waals surface area contributed by atoms with Crippen molar-refractivity contribution in [3.63, 3.8) is 0 Å². The van der Waals surface area contributed by atoms with Gasteiger partial charge >= 0.3 is 5.97 Å². The van der Waals surface area contributed by atoms with Gasteiger partial charge in [0.05, 0.1) is 12.9 Å². The number of carbonyl (C=O) groups is 3. The van der Waals surface area contributed by atoms with Gasteiger partial charge in [0.2, 0.25) is 5.91 Å². The Morgan fingerprint density at radius 3 is 2.95 bits per heavy atom. The molecule has 2 amide bonds. The Balaban J connectivity index is 1.81. The third-order valence-corrected chi connectivity index (χ3v) is 3.46. The van der Waals surface area contributed by atoms with Gasteiger partial charge in [0, 0.05) is 20.0 Å². The van der Waals surface area contributed by atoms with Crippen molar-refractivity contribution in [2.24, 2.45) is 0 Å². The maximum Gasteiger partial charge on any atom is 0.328 e. The number of carbonyl (C=O) groups excluding carboxylic acids is 3.